The van der Waals surface area contributed by atoms with Crippen LogP contribution >= 0.6 is 11.3 Å². The minimum atomic E-state index is -0.188. The fourth-order valence-electron chi connectivity index (χ4n) is 1.71. The first-order chi connectivity index (χ1) is 9.22. The summed E-state index contributed by atoms with van der Waals surface area (Å²) in [5.74, 6) is 1.24. The quantitative estimate of drug-likeness (QED) is 0.885. The molecule has 19 heavy (non-hydrogen) atoms. The smallest absolute Gasteiger partial charge is 0.263 e. The van der Waals surface area contributed by atoms with Gasteiger partial charge in [0.15, 0.2) is 16.6 Å². The van der Waals surface area contributed by atoms with Crippen LogP contribution in [0.4, 0.5) is 5.13 Å². The number of benzene rings is 1. The van der Waals surface area contributed by atoms with E-state index in [1.807, 2.05) is 18.2 Å². The summed E-state index contributed by atoms with van der Waals surface area (Å²) < 4.78 is 10.5. The van der Waals surface area contributed by atoms with E-state index in [1.165, 1.54) is 6.20 Å². The van der Waals surface area contributed by atoms with Gasteiger partial charge in [-0.3, -0.25) is 4.79 Å². The Morgan fingerprint density at radius 3 is 3.05 bits per heavy atom. The first kappa shape index (κ1) is 11.8. The molecule has 0 spiro atoms. The second-order valence-corrected chi connectivity index (χ2v) is 5.00. The van der Waals surface area contributed by atoms with Gasteiger partial charge in [-0.1, -0.05) is 17.4 Å². The molecule has 3 N–H and O–H groups in total. The highest BCUT2D eigenvalue weighted by Crippen LogP contribution is 2.32. The highest BCUT2D eigenvalue weighted by molar-refractivity contribution is 7.17. The Morgan fingerprint density at radius 1 is 1.42 bits per heavy atom. The minimum absolute atomic E-state index is 0.188. The first-order valence-electron chi connectivity index (χ1n) is 5.60. The van der Waals surface area contributed by atoms with E-state index >= 15 is 0 Å². The van der Waals surface area contributed by atoms with Gasteiger partial charge in [0.05, 0.1) is 6.20 Å². The minimum Gasteiger partial charge on any atom is -0.454 e. The Labute approximate surface area is 113 Å². The summed E-state index contributed by atoms with van der Waals surface area (Å²) in [5, 5.41) is 3.18. The molecule has 6 nitrogen and oxygen atoms in total. The number of carbonyl (C=O) groups excluding carboxylic acids is 1. The average Bonchev–Trinajstić information content (AvgIpc) is 3.03. The van der Waals surface area contributed by atoms with E-state index in [0.29, 0.717) is 22.3 Å². The summed E-state index contributed by atoms with van der Waals surface area (Å²) in [5.41, 5.74) is 6.42. The molecule has 1 aromatic heterocycles. The van der Waals surface area contributed by atoms with Crippen molar-refractivity contribution in [3.05, 3.63) is 34.8 Å². The molecule has 0 radical (unpaired) electrons. The summed E-state index contributed by atoms with van der Waals surface area (Å²) in [4.78, 5) is 16.2. The van der Waals surface area contributed by atoms with Gasteiger partial charge in [0.2, 0.25) is 6.79 Å². The second kappa shape index (κ2) is 4.77. The van der Waals surface area contributed by atoms with Gasteiger partial charge >= 0.3 is 0 Å². The fraction of sp³-hybridized carbons (Fsp3) is 0.167. The van der Waals surface area contributed by atoms with Crippen molar-refractivity contribution >= 4 is 22.4 Å². The molecule has 0 fully saturated rings. The maximum absolute atomic E-state index is 11.8. The summed E-state index contributed by atoms with van der Waals surface area (Å²) >= 11 is 1.16. The highest BCUT2D eigenvalue weighted by Gasteiger charge is 2.14. The van der Waals surface area contributed by atoms with Crippen molar-refractivity contribution in [2.45, 2.75) is 6.54 Å². The number of thiazole rings is 1. The molecule has 0 saturated heterocycles. The molecular weight excluding hydrogens is 266 g/mol. The zero-order valence-corrected chi connectivity index (χ0v) is 10.7. The van der Waals surface area contributed by atoms with Crippen LogP contribution in [0.3, 0.4) is 0 Å². The van der Waals surface area contributed by atoms with E-state index in [9.17, 15) is 4.79 Å². The Hall–Kier alpha value is -2.28. The van der Waals surface area contributed by atoms with Crippen LogP contribution in [0, 0.1) is 0 Å². The lowest BCUT2D eigenvalue weighted by Gasteiger charge is -2.04. The van der Waals surface area contributed by atoms with Gasteiger partial charge in [-0.2, -0.15) is 0 Å². The lowest BCUT2D eigenvalue weighted by molar-refractivity contribution is 0.0954. The molecule has 1 aromatic carbocycles. The summed E-state index contributed by atoms with van der Waals surface area (Å²) in [7, 11) is 0. The van der Waals surface area contributed by atoms with Crippen LogP contribution in [0.1, 0.15) is 15.2 Å². The zero-order valence-electron chi connectivity index (χ0n) is 9.88. The van der Waals surface area contributed by atoms with E-state index in [2.05, 4.69) is 10.3 Å². The molecular formula is C12H11N3O3S. The predicted molar refractivity (Wildman–Crippen MR) is 70.3 cm³/mol. The van der Waals surface area contributed by atoms with Crippen LogP contribution in [0.2, 0.25) is 0 Å². The SMILES string of the molecule is Nc1ncc(C(=O)NCc2ccc3c(c2)OCO3)s1. The normalized spacial score (nSPS) is 12.4. The molecule has 7 heteroatoms. The number of aromatic nitrogens is 1. The number of rotatable bonds is 3. The third kappa shape index (κ3) is 2.45. The number of carbonyl (C=O) groups is 1. The van der Waals surface area contributed by atoms with Crippen LogP contribution in [0.25, 0.3) is 0 Å². The summed E-state index contributed by atoms with van der Waals surface area (Å²) in [6, 6.07) is 5.56. The number of fused-ring (bicyclic) bond motifs is 1. The molecule has 0 unspecified atom stereocenters. The van der Waals surface area contributed by atoms with Gasteiger partial charge in [-0.25, -0.2) is 4.98 Å². The molecule has 1 aliphatic heterocycles. The van der Waals surface area contributed by atoms with Crippen molar-refractivity contribution in [1.82, 2.24) is 10.3 Å². The molecule has 0 saturated carbocycles. The Kier molecular flexibility index (Phi) is 2.96. The lowest BCUT2D eigenvalue weighted by atomic mass is 10.2. The van der Waals surface area contributed by atoms with E-state index in [1.54, 1.807) is 0 Å². The molecule has 2 aromatic rings. The Morgan fingerprint density at radius 2 is 2.26 bits per heavy atom. The van der Waals surface area contributed by atoms with E-state index in [0.717, 1.165) is 22.6 Å². The topological polar surface area (TPSA) is 86.5 Å². The van der Waals surface area contributed by atoms with E-state index in [-0.39, 0.29) is 12.7 Å². The molecule has 3 rings (SSSR count). The van der Waals surface area contributed by atoms with Crippen molar-refractivity contribution in [2.75, 3.05) is 12.5 Å². The Balaban J connectivity index is 1.64. The van der Waals surface area contributed by atoms with Gasteiger partial charge in [-0.15, -0.1) is 0 Å². The standard InChI is InChI=1S/C12H11N3O3S/c13-12-15-5-10(19-12)11(16)14-4-7-1-2-8-9(3-7)18-6-17-8/h1-3,5H,4,6H2,(H2,13,15)(H,14,16). The predicted octanol–water partition coefficient (Wildman–Crippen LogP) is 1.38. The summed E-state index contributed by atoms with van der Waals surface area (Å²) in [6.07, 6.45) is 1.47. The lowest BCUT2D eigenvalue weighted by Crippen LogP contribution is -2.21. The number of ether oxygens (including phenoxy) is 2. The number of amides is 1. The molecule has 0 aliphatic carbocycles. The third-order valence-electron chi connectivity index (χ3n) is 2.64. The second-order valence-electron chi connectivity index (χ2n) is 3.93. The number of nitrogens with zero attached hydrogens (tertiary/aromatic N) is 1. The molecule has 0 bridgehead atoms. The van der Waals surface area contributed by atoms with Crippen LogP contribution in [0.5, 0.6) is 11.5 Å². The first-order valence-corrected chi connectivity index (χ1v) is 6.42. The molecule has 2 heterocycles. The van der Waals surface area contributed by atoms with Crippen molar-refractivity contribution < 1.29 is 14.3 Å². The Bertz CT molecular complexity index is 626. The number of nitrogens with two attached hydrogens (primary N) is 1. The number of hydrogen-bond acceptors (Lipinski definition) is 6. The van der Waals surface area contributed by atoms with Gasteiger partial charge in [-0.05, 0) is 17.7 Å². The number of anilines is 1. The molecule has 1 amide bonds. The van der Waals surface area contributed by atoms with Crippen LogP contribution in [0.15, 0.2) is 24.4 Å². The highest BCUT2D eigenvalue weighted by atomic mass is 32.1. The van der Waals surface area contributed by atoms with Crippen molar-refractivity contribution in [2.24, 2.45) is 0 Å². The maximum atomic E-state index is 11.8. The molecule has 98 valence electrons. The van der Waals surface area contributed by atoms with Crippen molar-refractivity contribution in [3.8, 4) is 11.5 Å². The van der Waals surface area contributed by atoms with E-state index < -0.39 is 0 Å². The number of nitrogen functional groups attached to an aromatic ring is 1. The average molecular weight is 277 g/mol. The van der Waals surface area contributed by atoms with Gasteiger partial charge in [0.25, 0.3) is 5.91 Å². The number of nitrogens with one attached hydrogen (secondary N) is 1. The van der Waals surface area contributed by atoms with Crippen LogP contribution in [-0.4, -0.2) is 17.7 Å². The molecule has 0 atom stereocenters. The zero-order chi connectivity index (χ0) is 13.2. The van der Waals surface area contributed by atoms with E-state index in [4.69, 9.17) is 15.2 Å². The van der Waals surface area contributed by atoms with Crippen LogP contribution < -0.4 is 20.5 Å². The van der Waals surface area contributed by atoms with Crippen molar-refractivity contribution in [1.29, 1.82) is 0 Å². The van der Waals surface area contributed by atoms with Gasteiger partial charge < -0.3 is 20.5 Å². The summed E-state index contributed by atoms with van der Waals surface area (Å²) in [6.45, 7) is 0.651. The maximum Gasteiger partial charge on any atom is 0.263 e. The van der Waals surface area contributed by atoms with Crippen LogP contribution in [-0.2, 0) is 6.54 Å². The monoisotopic (exact) mass is 277 g/mol. The fourth-order valence-corrected chi connectivity index (χ4v) is 2.31. The van der Waals surface area contributed by atoms with Gasteiger partial charge in [0.1, 0.15) is 4.88 Å². The molecule has 1 aliphatic rings. The largest absolute Gasteiger partial charge is 0.454 e. The van der Waals surface area contributed by atoms with Gasteiger partial charge in [0, 0.05) is 6.54 Å². The number of hydrogen-bond donors (Lipinski definition) is 2. The van der Waals surface area contributed by atoms with Crippen molar-refractivity contribution in [3.63, 3.8) is 0 Å². The third-order valence-corrected chi connectivity index (χ3v) is 3.46.